The number of carbonyl (C=O) groups is 1. The van der Waals surface area contributed by atoms with E-state index in [1.807, 2.05) is 25.1 Å². The molecule has 0 radical (unpaired) electrons. The maximum absolute atomic E-state index is 12.6. The monoisotopic (exact) mass is 532 g/mol. The van der Waals surface area contributed by atoms with E-state index in [1.54, 1.807) is 36.4 Å². The van der Waals surface area contributed by atoms with Gasteiger partial charge in [-0.2, -0.15) is 5.26 Å². The number of allylic oxidation sites excluding steroid dienone is 1. The third-order valence-corrected chi connectivity index (χ3v) is 6.30. The summed E-state index contributed by atoms with van der Waals surface area (Å²) in [5.41, 5.74) is 8.27. The zero-order valence-corrected chi connectivity index (χ0v) is 22.1. The van der Waals surface area contributed by atoms with Crippen molar-refractivity contribution < 1.29 is 23.7 Å². The highest BCUT2D eigenvalue weighted by Gasteiger charge is 2.32. The second-order valence-corrected chi connectivity index (χ2v) is 9.16. The molecule has 7 nitrogen and oxygen atoms in total. The molecule has 0 fully saturated rings. The average Bonchev–Trinajstić information content (AvgIpc) is 2.91. The number of nitriles is 1. The molecule has 0 spiro atoms. The van der Waals surface area contributed by atoms with Crippen molar-refractivity contribution in [2.75, 3.05) is 13.2 Å². The van der Waals surface area contributed by atoms with Crippen molar-refractivity contribution in [2.24, 2.45) is 5.73 Å². The maximum Gasteiger partial charge on any atom is 0.343 e. The Morgan fingerprint density at radius 1 is 1.05 bits per heavy atom. The van der Waals surface area contributed by atoms with Crippen LogP contribution in [0.3, 0.4) is 0 Å². The van der Waals surface area contributed by atoms with Crippen LogP contribution in [0.25, 0.3) is 0 Å². The Morgan fingerprint density at radius 2 is 1.89 bits per heavy atom. The fourth-order valence-electron chi connectivity index (χ4n) is 4.25. The molecule has 2 N–H and O–H groups in total. The number of hydrogen-bond acceptors (Lipinski definition) is 7. The molecule has 1 aliphatic rings. The summed E-state index contributed by atoms with van der Waals surface area (Å²) >= 11 is 5.99. The third-order valence-electron chi connectivity index (χ3n) is 6.07. The summed E-state index contributed by atoms with van der Waals surface area (Å²) in [4.78, 5) is 12.6. The van der Waals surface area contributed by atoms with E-state index in [2.05, 4.69) is 13.0 Å². The van der Waals surface area contributed by atoms with Crippen molar-refractivity contribution in [3.63, 3.8) is 0 Å². The first-order chi connectivity index (χ1) is 18.4. The molecule has 4 rings (SSSR count). The van der Waals surface area contributed by atoms with Gasteiger partial charge in [0.25, 0.3) is 0 Å². The van der Waals surface area contributed by atoms with Gasteiger partial charge in [-0.05, 0) is 55.3 Å². The Bertz CT molecular complexity index is 1400. The lowest BCUT2D eigenvalue weighted by molar-refractivity contribution is 0.0734. The molecule has 1 heterocycles. The number of nitrogens with two attached hydrogens (primary N) is 1. The number of esters is 1. The third kappa shape index (κ3) is 6.04. The quantitative estimate of drug-likeness (QED) is 0.175. The summed E-state index contributed by atoms with van der Waals surface area (Å²) in [5.74, 6) is 0.829. The largest absolute Gasteiger partial charge is 0.490 e. The van der Waals surface area contributed by atoms with E-state index < -0.39 is 11.9 Å². The SMILES string of the molecule is CCCCCOc1ccc(C2C(C#N)=C(N)Oc3cc(OC(=O)c4cccc(Cl)c4)ccc32)cc1OCC. The van der Waals surface area contributed by atoms with E-state index in [0.717, 1.165) is 24.8 Å². The first-order valence-electron chi connectivity index (χ1n) is 12.5. The standard InChI is InChI=1S/C30H29ClN2O5/c1-3-5-6-14-36-25-13-10-19(16-27(25)35-4-2)28-23-12-11-22(17-26(23)38-29(33)24(28)18-32)37-30(34)20-8-7-9-21(31)15-20/h7-13,15-17,28H,3-6,14,33H2,1-2H3. The van der Waals surface area contributed by atoms with E-state index in [0.29, 0.717) is 46.6 Å². The summed E-state index contributed by atoms with van der Waals surface area (Å²) in [5, 5.41) is 10.4. The van der Waals surface area contributed by atoms with E-state index in [9.17, 15) is 10.1 Å². The van der Waals surface area contributed by atoms with E-state index >= 15 is 0 Å². The highest BCUT2D eigenvalue weighted by atomic mass is 35.5. The summed E-state index contributed by atoms with van der Waals surface area (Å²) in [6.07, 6.45) is 3.15. The number of ether oxygens (including phenoxy) is 4. The predicted molar refractivity (Wildman–Crippen MR) is 145 cm³/mol. The van der Waals surface area contributed by atoms with Crippen LogP contribution >= 0.6 is 11.6 Å². The number of fused-ring (bicyclic) bond motifs is 1. The summed E-state index contributed by atoms with van der Waals surface area (Å²) in [6, 6.07) is 19.3. The Balaban J connectivity index is 1.65. The van der Waals surface area contributed by atoms with Crippen LogP contribution in [0.5, 0.6) is 23.0 Å². The topological polar surface area (TPSA) is 104 Å². The van der Waals surface area contributed by atoms with Crippen LogP contribution in [-0.4, -0.2) is 19.2 Å². The van der Waals surface area contributed by atoms with Crippen LogP contribution in [0.15, 0.2) is 72.1 Å². The smallest absolute Gasteiger partial charge is 0.343 e. The molecule has 1 atom stereocenters. The average molecular weight is 533 g/mol. The van der Waals surface area contributed by atoms with Crippen LogP contribution in [0, 0.1) is 11.3 Å². The fraction of sp³-hybridized carbons (Fsp3) is 0.267. The predicted octanol–water partition coefficient (Wildman–Crippen LogP) is 6.75. The second-order valence-electron chi connectivity index (χ2n) is 8.72. The molecule has 0 saturated heterocycles. The Morgan fingerprint density at radius 3 is 2.63 bits per heavy atom. The first kappa shape index (κ1) is 26.9. The zero-order valence-electron chi connectivity index (χ0n) is 21.3. The van der Waals surface area contributed by atoms with Gasteiger partial charge in [0.1, 0.15) is 23.1 Å². The van der Waals surface area contributed by atoms with Crippen molar-refractivity contribution in [3.05, 3.63) is 93.8 Å². The van der Waals surface area contributed by atoms with Gasteiger partial charge in [-0.15, -0.1) is 0 Å². The van der Waals surface area contributed by atoms with Gasteiger partial charge in [0.2, 0.25) is 5.88 Å². The molecule has 0 aromatic heterocycles. The molecular formula is C30H29ClN2O5. The molecule has 38 heavy (non-hydrogen) atoms. The van der Waals surface area contributed by atoms with Crippen molar-refractivity contribution in [1.82, 2.24) is 0 Å². The number of benzene rings is 3. The fourth-order valence-corrected chi connectivity index (χ4v) is 4.44. The van der Waals surface area contributed by atoms with Gasteiger partial charge in [0.15, 0.2) is 11.5 Å². The van der Waals surface area contributed by atoms with Crippen molar-refractivity contribution in [2.45, 2.75) is 39.0 Å². The minimum Gasteiger partial charge on any atom is -0.490 e. The van der Waals surface area contributed by atoms with Gasteiger partial charge in [-0.3, -0.25) is 0 Å². The number of halogens is 1. The lowest BCUT2D eigenvalue weighted by atomic mass is 9.83. The number of hydrogen-bond donors (Lipinski definition) is 1. The lowest BCUT2D eigenvalue weighted by Gasteiger charge is -2.27. The highest BCUT2D eigenvalue weighted by Crippen LogP contribution is 2.45. The van der Waals surface area contributed by atoms with E-state index in [-0.39, 0.29) is 17.2 Å². The van der Waals surface area contributed by atoms with Crippen LogP contribution in [0.2, 0.25) is 5.02 Å². The molecule has 0 bridgehead atoms. The minimum atomic E-state index is -0.558. The van der Waals surface area contributed by atoms with E-state index in [4.69, 9.17) is 36.3 Å². The molecule has 0 amide bonds. The van der Waals surface area contributed by atoms with Crippen LogP contribution in [0.1, 0.15) is 60.5 Å². The Hall–Kier alpha value is -4.15. The number of carbonyl (C=O) groups excluding carboxylic acids is 1. The molecule has 196 valence electrons. The Labute approximate surface area is 227 Å². The number of unbranched alkanes of at least 4 members (excludes halogenated alkanes) is 2. The van der Waals surface area contributed by atoms with Crippen molar-refractivity contribution in [1.29, 1.82) is 5.26 Å². The summed E-state index contributed by atoms with van der Waals surface area (Å²) in [6.45, 7) is 5.11. The molecule has 0 aliphatic carbocycles. The van der Waals surface area contributed by atoms with Crippen LogP contribution < -0.4 is 24.7 Å². The molecule has 1 unspecified atom stereocenters. The van der Waals surface area contributed by atoms with E-state index in [1.165, 1.54) is 6.07 Å². The van der Waals surface area contributed by atoms with Gasteiger partial charge in [-0.1, -0.05) is 49.6 Å². The van der Waals surface area contributed by atoms with Crippen molar-refractivity contribution in [3.8, 4) is 29.1 Å². The van der Waals surface area contributed by atoms with Gasteiger partial charge >= 0.3 is 5.97 Å². The molecule has 3 aromatic carbocycles. The first-order valence-corrected chi connectivity index (χ1v) is 12.9. The Kier molecular flexibility index (Phi) is 8.77. The highest BCUT2D eigenvalue weighted by molar-refractivity contribution is 6.30. The molecule has 8 heteroatoms. The van der Waals surface area contributed by atoms with Crippen molar-refractivity contribution >= 4 is 17.6 Å². The molecular weight excluding hydrogens is 504 g/mol. The van der Waals surface area contributed by atoms with Gasteiger partial charge in [0, 0.05) is 16.7 Å². The molecule has 1 aliphatic heterocycles. The molecule has 3 aromatic rings. The minimum absolute atomic E-state index is 0.0128. The number of rotatable bonds is 10. The van der Waals surface area contributed by atoms with Gasteiger partial charge in [-0.25, -0.2) is 4.79 Å². The summed E-state index contributed by atoms with van der Waals surface area (Å²) in [7, 11) is 0. The van der Waals surface area contributed by atoms with Gasteiger partial charge < -0.3 is 24.7 Å². The van der Waals surface area contributed by atoms with Crippen LogP contribution in [-0.2, 0) is 0 Å². The normalized spacial score (nSPS) is 14.2. The zero-order chi connectivity index (χ0) is 27.1. The summed E-state index contributed by atoms with van der Waals surface area (Å²) < 4.78 is 23.2. The second kappa shape index (κ2) is 12.4. The molecule has 0 saturated carbocycles. The van der Waals surface area contributed by atoms with Crippen LogP contribution in [0.4, 0.5) is 0 Å². The number of nitrogens with zero attached hydrogens (tertiary/aromatic N) is 1. The van der Waals surface area contributed by atoms with Gasteiger partial charge in [0.05, 0.1) is 24.7 Å². The lowest BCUT2D eigenvalue weighted by Crippen LogP contribution is -2.21. The maximum atomic E-state index is 12.6.